The first-order valence-corrected chi connectivity index (χ1v) is 7.25. The van der Waals surface area contributed by atoms with Gasteiger partial charge in [-0.25, -0.2) is 8.78 Å². The topological polar surface area (TPSA) is 29.1 Å². The molecule has 0 radical (unpaired) electrons. The molecule has 0 aliphatic carbocycles. The Morgan fingerprint density at radius 3 is 2.71 bits per heavy atom. The monoisotopic (exact) mass is 353 g/mol. The van der Waals surface area contributed by atoms with Crippen molar-refractivity contribution in [1.29, 1.82) is 0 Å². The molecule has 0 spiro atoms. The summed E-state index contributed by atoms with van der Waals surface area (Å²) < 4.78 is 27.0. The Hall–Kier alpha value is -1.75. The van der Waals surface area contributed by atoms with E-state index in [9.17, 15) is 13.6 Å². The summed E-state index contributed by atoms with van der Waals surface area (Å²) in [7, 11) is 0. The van der Waals surface area contributed by atoms with E-state index >= 15 is 0 Å². The molecule has 5 heteroatoms. The summed E-state index contributed by atoms with van der Waals surface area (Å²) in [4.78, 5) is 11.9. The number of benzene rings is 2. The van der Waals surface area contributed by atoms with Crippen LogP contribution in [0.1, 0.15) is 21.5 Å². The highest BCUT2D eigenvalue weighted by Gasteiger charge is 2.13. The van der Waals surface area contributed by atoms with Crippen molar-refractivity contribution < 1.29 is 13.6 Å². The highest BCUT2D eigenvalue weighted by atomic mass is 79.9. The van der Waals surface area contributed by atoms with Crippen LogP contribution >= 0.6 is 15.9 Å². The van der Waals surface area contributed by atoms with Crippen LogP contribution in [0, 0.1) is 18.6 Å². The predicted molar refractivity (Wildman–Crippen MR) is 81.3 cm³/mol. The molecule has 2 aromatic carbocycles. The Bertz CT molecular complexity index is 673. The van der Waals surface area contributed by atoms with Gasteiger partial charge in [0.2, 0.25) is 0 Å². The van der Waals surface area contributed by atoms with Gasteiger partial charge in [0.15, 0.2) is 0 Å². The first kappa shape index (κ1) is 15.6. The lowest BCUT2D eigenvalue weighted by Gasteiger charge is -2.09. The summed E-state index contributed by atoms with van der Waals surface area (Å²) in [5, 5.41) is 2.66. The van der Waals surface area contributed by atoms with Crippen LogP contribution in [-0.2, 0) is 6.42 Å². The Labute approximate surface area is 130 Å². The number of hydrogen-bond acceptors (Lipinski definition) is 1. The second kappa shape index (κ2) is 6.80. The van der Waals surface area contributed by atoms with E-state index in [4.69, 9.17) is 0 Å². The van der Waals surface area contributed by atoms with E-state index in [1.54, 1.807) is 12.1 Å². The van der Waals surface area contributed by atoms with Crippen LogP contribution < -0.4 is 5.32 Å². The molecule has 0 aliphatic heterocycles. The Morgan fingerprint density at radius 1 is 1.24 bits per heavy atom. The van der Waals surface area contributed by atoms with Crippen LogP contribution in [0.3, 0.4) is 0 Å². The molecular weight excluding hydrogens is 340 g/mol. The summed E-state index contributed by atoms with van der Waals surface area (Å²) in [6, 6.07) is 9.10. The quantitative estimate of drug-likeness (QED) is 0.883. The molecule has 0 saturated heterocycles. The molecule has 0 heterocycles. The number of nitrogens with one attached hydrogen (secondary N) is 1. The molecule has 0 aromatic heterocycles. The third-order valence-corrected chi connectivity index (χ3v) is 3.79. The second-order valence-corrected chi connectivity index (χ2v) is 5.53. The summed E-state index contributed by atoms with van der Waals surface area (Å²) in [6.45, 7) is 2.17. The standard InChI is InChI=1S/C16H14BrF2NO/c1-10-9-12(18)6-5-11(10)7-8-20-16(21)13-3-2-4-14(17)15(13)19/h2-6,9H,7-8H2,1H3,(H,20,21). The smallest absolute Gasteiger partial charge is 0.254 e. The number of hydrogen-bond donors (Lipinski definition) is 1. The first-order chi connectivity index (χ1) is 9.99. The lowest BCUT2D eigenvalue weighted by atomic mass is 10.1. The maximum Gasteiger partial charge on any atom is 0.254 e. The van der Waals surface area contributed by atoms with Crippen LogP contribution in [-0.4, -0.2) is 12.5 Å². The number of carbonyl (C=O) groups excluding carboxylic acids is 1. The van der Waals surface area contributed by atoms with Crippen LogP contribution in [0.25, 0.3) is 0 Å². The molecule has 1 N–H and O–H groups in total. The van der Waals surface area contributed by atoms with E-state index in [0.717, 1.165) is 11.1 Å². The van der Waals surface area contributed by atoms with Gasteiger partial charge in [-0.05, 0) is 64.7 Å². The molecule has 0 bridgehead atoms. The van der Waals surface area contributed by atoms with Gasteiger partial charge in [0.1, 0.15) is 11.6 Å². The predicted octanol–water partition coefficient (Wildman–Crippen LogP) is 4.01. The zero-order valence-electron chi connectivity index (χ0n) is 11.4. The molecule has 2 rings (SSSR count). The minimum atomic E-state index is -0.576. The van der Waals surface area contributed by atoms with Gasteiger partial charge in [0.25, 0.3) is 5.91 Å². The second-order valence-electron chi connectivity index (χ2n) is 4.68. The highest BCUT2D eigenvalue weighted by Crippen LogP contribution is 2.18. The Kier molecular flexibility index (Phi) is 5.07. The molecule has 0 atom stereocenters. The van der Waals surface area contributed by atoms with Crippen molar-refractivity contribution in [2.45, 2.75) is 13.3 Å². The lowest BCUT2D eigenvalue weighted by molar-refractivity contribution is 0.0950. The van der Waals surface area contributed by atoms with Gasteiger partial charge < -0.3 is 5.32 Å². The molecular formula is C16H14BrF2NO. The fraction of sp³-hybridized carbons (Fsp3) is 0.188. The molecule has 1 amide bonds. The zero-order valence-corrected chi connectivity index (χ0v) is 13.0. The number of halogens is 3. The van der Waals surface area contributed by atoms with E-state index in [1.807, 2.05) is 6.92 Å². The van der Waals surface area contributed by atoms with Crippen molar-refractivity contribution in [3.63, 3.8) is 0 Å². The van der Waals surface area contributed by atoms with Crippen LogP contribution in [0.5, 0.6) is 0 Å². The summed E-state index contributed by atoms with van der Waals surface area (Å²) in [5.74, 6) is -1.32. The van der Waals surface area contributed by atoms with Crippen LogP contribution in [0.4, 0.5) is 8.78 Å². The molecule has 110 valence electrons. The van der Waals surface area contributed by atoms with Crippen LogP contribution in [0.2, 0.25) is 0 Å². The SMILES string of the molecule is Cc1cc(F)ccc1CCNC(=O)c1cccc(Br)c1F. The van der Waals surface area contributed by atoms with Gasteiger partial charge in [-0.15, -0.1) is 0 Å². The van der Waals surface area contributed by atoms with E-state index in [0.29, 0.717) is 13.0 Å². The molecule has 0 saturated carbocycles. The molecule has 0 fully saturated rings. The third-order valence-electron chi connectivity index (χ3n) is 3.18. The van der Waals surface area contributed by atoms with E-state index in [1.165, 1.54) is 24.3 Å². The van der Waals surface area contributed by atoms with Crippen molar-refractivity contribution in [2.75, 3.05) is 6.54 Å². The maximum absolute atomic E-state index is 13.8. The fourth-order valence-electron chi connectivity index (χ4n) is 2.02. The average molecular weight is 354 g/mol. The van der Waals surface area contributed by atoms with Crippen molar-refractivity contribution >= 4 is 21.8 Å². The summed E-state index contributed by atoms with van der Waals surface area (Å²) >= 11 is 3.05. The first-order valence-electron chi connectivity index (χ1n) is 6.46. The van der Waals surface area contributed by atoms with Crippen LogP contribution in [0.15, 0.2) is 40.9 Å². The Morgan fingerprint density at radius 2 is 2.00 bits per heavy atom. The van der Waals surface area contributed by atoms with Crippen molar-refractivity contribution in [3.8, 4) is 0 Å². The Balaban J connectivity index is 1.97. The molecule has 2 nitrogen and oxygen atoms in total. The third kappa shape index (κ3) is 3.88. The van der Waals surface area contributed by atoms with Gasteiger partial charge in [0, 0.05) is 6.54 Å². The summed E-state index contributed by atoms with van der Waals surface area (Å²) in [6.07, 6.45) is 0.563. The van der Waals surface area contributed by atoms with Gasteiger partial charge in [-0.1, -0.05) is 12.1 Å². The summed E-state index contributed by atoms with van der Waals surface area (Å²) in [5.41, 5.74) is 1.78. The largest absolute Gasteiger partial charge is 0.352 e. The van der Waals surface area contributed by atoms with Gasteiger partial charge in [0.05, 0.1) is 10.0 Å². The van der Waals surface area contributed by atoms with Crippen molar-refractivity contribution in [2.24, 2.45) is 0 Å². The van der Waals surface area contributed by atoms with Gasteiger partial charge in [-0.2, -0.15) is 0 Å². The number of aryl methyl sites for hydroxylation is 1. The minimum absolute atomic E-state index is 0.000188. The molecule has 0 aliphatic rings. The van der Waals surface area contributed by atoms with Gasteiger partial charge in [-0.3, -0.25) is 4.79 Å². The van der Waals surface area contributed by atoms with Gasteiger partial charge >= 0.3 is 0 Å². The zero-order chi connectivity index (χ0) is 15.4. The number of carbonyl (C=O) groups is 1. The molecule has 2 aromatic rings. The van der Waals surface area contributed by atoms with E-state index in [-0.39, 0.29) is 15.9 Å². The van der Waals surface area contributed by atoms with Crippen molar-refractivity contribution in [3.05, 3.63) is 69.2 Å². The fourth-order valence-corrected chi connectivity index (χ4v) is 2.39. The van der Waals surface area contributed by atoms with Crippen molar-refractivity contribution in [1.82, 2.24) is 5.32 Å². The molecule has 0 unspecified atom stereocenters. The molecule has 21 heavy (non-hydrogen) atoms. The maximum atomic E-state index is 13.8. The minimum Gasteiger partial charge on any atom is -0.352 e. The normalized spacial score (nSPS) is 10.5. The lowest BCUT2D eigenvalue weighted by Crippen LogP contribution is -2.26. The van der Waals surface area contributed by atoms with E-state index < -0.39 is 11.7 Å². The van der Waals surface area contributed by atoms with E-state index in [2.05, 4.69) is 21.2 Å². The average Bonchev–Trinajstić information content (AvgIpc) is 2.44. The number of amides is 1. The highest BCUT2D eigenvalue weighted by molar-refractivity contribution is 9.10. The number of rotatable bonds is 4.